The van der Waals surface area contributed by atoms with Gasteiger partial charge in [-0.1, -0.05) is 42.5 Å². The lowest BCUT2D eigenvalue weighted by Crippen LogP contribution is -2.57. The molecule has 1 aliphatic heterocycles. The second kappa shape index (κ2) is 15.7. The van der Waals surface area contributed by atoms with E-state index in [0.29, 0.717) is 40.9 Å². The second-order valence-corrected chi connectivity index (χ2v) is 15.7. The highest BCUT2D eigenvalue weighted by atomic mass is 32.2. The molecular weight excluding hydrogens is 660 g/mol. The van der Waals surface area contributed by atoms with Crippen molar-refractivity contribution in [2.45, 2.75) is 82.9 Å². The largest absolute Gasteiger partial charge is 0.481 e. The minimum absolute atomic E-state index is 0.0921. The van der Waals surface area contributed by atoms with Gasteiger partial charge >= 0.3 is 6.09 Å². The first-order valence-corrected chi connectivity index (χ1v) is 17.5. The van der Waals surface area contributed by atoms with Crippen LogP contribution in [0.3, 0.4) is 0 Å². The molecule has 13 nitrogen and oxygen atoms in total. The fourth-order valence-corrected chi connectivity index (χ4v) is 6.88. The summed E-state index contributed by atoms with van der Waals surface area (Å²) >= 11 is 0. The van der Waals surface area contributed by atoms with Gasteiger partial charge in [0, 0.05) is 48.1 Å². The van der Waals surface area contributed by atoms with Crippen LogP contribution >= 0.6 is 0 Å². The number of likely N-dealkylation sites (tertiary alicyclic amines) is 1. The molecule has 270 valence electrons. The fourth-order valence-electron chi connectivity index (χ4n) is 5.23. The maximum absolute atomic E-state index is 14.0. The molecule has 0 aromatic heterocycles. The molecular formula is C36H48N6O7S. The summed E-state index contributed by atoms with van der Waals surface area (Å²) in [7, 11) is -3.79. The molecule has 0 unspecified atom stereocenters. The summed E-state index contributed by atoms with van der Waals surface area (Å²) in [4.78, 5) is 37.6. The van der Waals surface area contributed by atoms with Crippen LogP contribution in [0.25, 0.3) is 11.1 Å². The minimum atomic E-state index is -3.79. The van der Waals surface area contributed by atoms with Crippen LogP contribution in [0.4, 0.5) is 16.2 Å². The molecule has 0 atom stereocenters. The first-order valence-electron chi connectivity index (χ1n) is 16.1. The van der Waals surface area contributed by atoms with E-state index in [1.165, 1.54) is 0 Å². The van der Waals surface area contributed by atoms with Crippen molar-refractivity contribution in [1.82, 2.24) is 9.62 Å². The van der Waals surface area contributed by atoms with E-state index in [1.54, 1.807) is 98.5 Å². The Morgan fingerprint density at radius 2 is 1.48 bits per heavy atom. The lowest BCUT2D eigenvalue weighted by Gasteiger charge is -2.42. The summed E-state index contributed by atoms with van der Waals surface area (Å²) in [5, 5.41) is 21.6. The molecule has 0 spiro atoms. The molecule has 3 aromatic rings. The smallest absolute Gasteiger partial charge is 0.410 e. The molecule has 0 radical (unpaired) electrons. The van der Waals surface area contributed by atoms with Crippen LogP contribution in [0.5, 0.6) is 0 Å². The van der Waals surface area contributed by atoms with Gasteiger partial charge in [0.05, 0.1) is 4.90 Å². The van der Waals surface area contributed by atoms with Crippen LogP contribution in [0, 0.1) is 5.41 Å². The lowest BCUT2D eigenvalue weighted by atomic mass is 9.85. The lowest BCUT2D eigenvalue weighted by molar-refractivity contribution is -0.134. The number of nitrogens with two attached hydrogens (primary N) is 1. The highest BCUT2D eigenvalue weighted by Crippen LogP contribution is 2.32. The quantitative estimate of drug-likeness (QED) is 0.127. The number of sulfonamides is 1. The molecule has 14 heteroatoms. The van der Waals surface area contributed by atoms with Crippen LogP contribution in [-0.4, -0.2) is 72.0 Å². The van der Waals surface area contributed by atoms with E-state index >= 15 is 0 Å². The zero-order chi connectivity index (χ0) is 37.5. The number of amides is 2. The van der Waals surface area contributed by atoms with Crippen molar-refractivity contribution >= 4 is 45.2 Å². The van der Waals surface area contributed by atoms with Gasteiger partial charge in [-0.3, -0.25) is 15.0 Å². The summed E-state index contributed by atoms with van der Waals surface area (Å²) in [5.41, 5.74) is 6.19. The number of rotatable bonds is 8. The number of piperidine rings is 1. The molecule has 1 heterocycles. The van der Waals surface area contributed by atoms with Gasteiger partial charge in [-0.05, 0) is 90.3 Å². The average Bonchev–Trinajstić information content (AvgIpc) is 2.99. The van der Waals surface area contributed by atoms with Crippen LogP contribution in [0.1, 0.15) is 66.9 Å². The molecule has 3 aromatic carbocycles. The van der Waals surface area contributed by atoms with Crippen molar-refractivity contribution in [3.05, 3.63) is 78.4 Å². The Bertz CT molecular complexity index is 1800. The van der Waals surface area contributed by atoms with Crippen molar-refractivity contribution in [3.8, 4) is 11.1 Å². The maximum atomic E-state index is 14.0. The van der Waals surface area contributed by atoms with Gasteiger partial charge in [-0.25, -0.2) is 17.9 Å². The first kappa shape index (κ1) is 39.5. The number of carbonyl (C=O) groups is 3. The van der Waals surface area contributed by atoms with E-state index in [1.807, 2.05) is 20.8 Å². The molecule has 1 saturated heterocycles. The van der Waals surface area contributed by atoms with E-state index < -0.39 is 38.8 Å². The van der Waals surface area contributed by atoms with E-state index in [4.69, 9.17) is 25.8 Å². The van der Waals surface area contributed by atoms with Gasteiger partial charge in [0.1, 0.15) is 17.0 Å². The predicted molar refractivity (Wildman–Crippen MR) is 195 cm³/mol. The third kappa shape index (κ3) is 11.3. The zero-order valence-electron chi connectivity index (χ0n) is 29.6. The number of carboxylic acids is 1. The van der Waals surface area contributed by atoms with Crippen molar-refractivity contribution in [1.29, 1.82) is 5.41 Å². The second-order valence-electron chi connectivity index (χ2n) is 14.1. The summed E-state index contributed by atoms with van der Waals surface area (Å²) in [6, 6.07) is 20.8. The molecule has 50 heavy (non-hydrogen) atoms. The summed E-state index contributed by atoms with van der Waals surface area (Å²) in [6.45, 7) is 12.4. The number of hydrogen-bond acceptors (Lipinski definition) is 8. The number of nitrogens with zero attached hydrogens (tertiary/aromatic N) is 1. The van der Waals surface area contributed by atoms with Gasteiger partial charge in [0.15, 0.2) is 0 Å². The number of nitrogens with one attached hydrogen (secondary N) is 4. The highest BCUT2D eigenvalue weighted by Gasteiger charge is 2.43. The Kier molecular flexibility index (Phi) is 12.4. The fraction of sp³-hybridized carbons (Fsp3) is 0.389. The van der Waals surface area contributed by atoms with Crippen LogP contribution in [-0.2, 0) is 24.3 Å². The number of nitrogen functional groups attached to an aromatic ring is 1. The molecule has 1 aliphatic rings. The molecule has 0 aliphatic carbocycles. The van der Waals surface area contributed by atoms with Gasteiger partial charge in [0.2, 0.25) is 15.9 Å². The molecule has 1 fully saturated rings. The number of hydrogen-bond donors (Lipinski definition) is 6. The van der Waals surface area contributed by atoms with Gasteiger partial charge in [-0.2, -0.15) is 0 Å². The maximum Gasteiger partial charge on any atom is 0.410 e. The Hall–Kier alpha value is -4.95. The van der Waals surface area contributed by atoms with Crippen molar-refractivity contribution in [3.63, 3.8) is 0 Å². The van der Waals surface area contributed by atoms with Crippen LogP contribution < -0.4 is 21.1 Å². The number of anilines is 2. The highest BCUT2D eigenvalue weighted by molar-refractivity contribution is 7.89. The summed E-state index contributed by atoms with van der Waals surface area (Å²) in [6.07, 6.45) is 0.162. The van der Waals surface area contributed by atoms with E-state index in [9.17, 15) is 18.0 Å². The Morgan fingerprint density at radius 3 is 2.02 bits per heavy atom. The van der Waals surface area contributed by atoms with E-state index in [0.717, 1.165) is 6.92 Å². The minimum Gasteiger partial charge on any atom is -0.481 e. The first-order chi connectivity index (χ1) is 23.1. The number of ether oxygens (including phenoxy) is 1. The number of aliphatic carboxylic acids is 1. The van der Waals surface area contributed by atoms with E-state index in [2.05, 4.69) is 15.4 Å². The Morgan fingerprint density at radius 1 is 0.900 bits per heavy atom. The standard InChI is InChI=1S/C34H44N6O5S.C2H4O2/c1-32(2,3)39-46(43,44)28-13-8-7-12-27(28)23-14-16-25(17-15-23)37-30(41)34(38-26-11-9-10-24(22-26)29(35)36)18-20-40(21-19-34)31(42)45-33(4,5)6;1-2(3)4/h7-17,22,38-39H,18-21H2,1-6H3,(H3,35,36)(H,37,41);1H3,(H,3,4). The Labute approximate surface area is 294 Å². The van der Waals surface area contributed by atoms with Crippen molar-refractivity contribution in [2.24, 2.45) is 5.73 Å². The number of benzene rings is 3. The molecule has 7 N–H and O–H groups in total. The number of carbonyl (C=O) groups excluding carboxylic acids is 2. The topological polar surface area (TPSA) is 204 Å². The monoisotopic (exact) mass is 708 g/mol. The molecule has 0 saturated carbocycles. The average molecular weight is 709 g/mol. The number of carboxylic acid groups (broad SMARTS) is 1. The SMILES string of the molecule is CC(=O)O.CC(C)(C)NS(=O)(=O)c1ccccc1-c1ccc(NC(=O)C2(Nc3cccc(C(=N)N)c3)CCN(C(=O)OC(C)(C)C)CC2)cc1. The van der Waals surface area contributed by atoms with Gasteiger partial charge < -0.3 is 31.1 Å². The molecule has 0 bridgehead atoms. The summed E-state index contributed by atoms with van der Waals surface area (Å²) in [5.74, 6) is -1.22. The zero-order valence-corrected chi connectivity index (χ0v) is 30.4. The van der Waals surface area contributed by atoms with Gasteiger partial charge in [-0.15, -0.1) is 0 Å². The third-order valence-electron chi connectivity index (χ3n) is 7.33. The van der Waals surface area contributed by atoms with Crippen LogP contribution in [0.15, 0.2) is 77.7 Å². The van der Waals surface area contributed by atoms with Crippen molar-refractivity contribution in [2.75, 3.05) is 23.7 Å². The molecule has 4 rings (SSSR count). The third-order valence-corrected chi connectivity index (χ3v) is 9.15. The van der Waals surface area contributed by atoms with Crippen LogP contribution in [0.2, 0.25) is 0 Å². The van der Waals surface area contributed by atoms with E-state index in [-0.39, 0.29) is 29.7 Å². The van der Waals surface area contributed by atoms with Gasteiger partial charge in [0.25, 0.3) is 5.97 Å². The van der Waals surface area contributed by atoms with Crippen molar-refractivity contribution < 1.29 is 32.6 Å². The Balaban J connectivity index is 0.00000160. The predicted octanol–water partition coefficient (Wildman–Crippen LogP) is 5.63. The normalized spacial score (nSPS) is 14.4. The number of amidine groups is 1. The summed E-state index contributed by atoms with van der Waals surface area (Å²) < 4.78 is 34.6. The molecule has 2 amide bonds.